The maximum atomic E-state index is 13.4. The zero-order valence-corrected chi connectivity index (χ0v) is 21.2. The maximum Gasteiger partial charge on any atom is 0.328 e. The molecule has 11 heteroatoms. The fraction of sp³-hybridized carbons (Fsp3) is 0.417. The normalized spacial score (nSPS) is 17.8. The summed E-state index contributed by atoms with van der Waals surface area (Å²) in [5.74, 6) is -1.17. The quantitative estimate of drug-likeness (QED) is 0.323. The first-order chi connectivity index (χ1) is 16.4. The second kappa shape index (κ2) is 10.1. The molecule has 0 N–H and O–H groups in total. The first kappa shape index (κ1) is 26.3. The molecule has 0 aromatic heterocycles. The number of rotatable bonds is 7. The van der Waals surface area contributed by atoms with Crippen molar-refractivity contribution >= 4 is 27.6 Å². The molecule has 0 unspecified atom stereocenters. The molecule has 1 aliphatic heterocycles. The number of hydrogen-bond acceptors (Lipinski definition) is 7. The first-order valence-electron chi connectivity index (χ1n) is 11.1. The van der Waals surface area contributed by atoms with Crippen LogP contribution < -0.4 is 0 Å². The molecule has 1 heterocycles. The minimum Gasteiger partial charge on any atom is -0.467 e. The van der Waals surface area contributed by atoms with Crippen LogP contribution in [0, 0.1) is 30.9 Å². The van der Waals surface area contributed by atoms with Crippen molar-refractivity contribution in [2.75, 3.05) is 20.2 Å². The van der Waals surface area contributed by atoms with Gasteiger partial charge in [-0.2, -0.15) is 4.31 Å². The van der Waals surface area contributed by atoms with Crippen LogP contribution in [0.15, 0.2) is 41.3 Å². The molecule has 0 spiro atoms. The Hall–Kier alpha value is -3.31. The highest BCUT2D eigenvalue weighted by atomic mass is 32.2. The van der Waals surface area contributed by atoms with Gasteiger partial charge in [-0.25, -0.2) is 13.2 Å². The lowest BCUT2D eigenvalue weighted by Gasteiger charge is -2.41. The van der Waals surface area contributed by atoms with Gasteiger partial charge in [0.05, 0.1) is 12.0 Å². The molecule has 1 aliphatic rings. The van der Waals surface area contributed by atoms with Gasteiger partial charge >= 0.3 is 5.97 Å². The van der Waals surface area contributed by atoms with Crippen LogP contribution in [0.1, 0.15) is 29.2 Å². The summed E-state index contributed by atoms with van der Waals surface area (Å²) in [6.45, 7) is 7.07. The number of carbonyl (C=O) groups is 2. The number of methoxy groups -OCH3 is 1. The summed E-state index contributed by atoms with van der Waals surface area (Å²) in [6, 6.07) is 6.91. The number of aryl methyl sites for hydroxylation is 3. The molecule has 1 amide bonds. The largest absolute Gasteiger partial charge is 0.467 e. The van der Waals surface area contributed by atoms with Gasteiger partial charge in [0.15, 0.2) is 4.90 Å². The molecule has 188 valence electrons. The number of benzene rings is 2. The molecule has 2 atom stereocenters. The molecular weight excluding hydrogens is 474 g/mol. The highest BCUT2D eigenvalue weighted by Gasteiger charge is 2.44. The average Bonchev–Trinajstić information content (AvgIpc) is 2.80. The topological polar surface area (TPSA) is 127 Å². The lowest BCUT2D eigenvalue weighted by Crippen LogP contribution is -2.61. The third kappa shape index (κ3) is 5.06. The zero-order valence-electron chi connectivity index (χ0n) is 20.3. The van der Waals surface area contributed by atoms with Crippen molar-refractivity contribution in [2.45, 2.75) is 51.1 Å². The molecule has 1 saturated heterocycles. The van der Waals surface area contributed by atoms with E-state index in [-0.39, 0.29) is 19.5 Å². The Morgan fingerprint density at radius 1 is 1.17 bits per heavy atom. The van der Waals surface area contributed by atoms with Crippen molar-refractivity contribution in [3.63, 3.8) is 0 Å². The van der Waals surface area contributed by atoms with Gasteiger partial charge < -0.3 is 9.64 Å². The van der Waals surface area contributed by atoms with E-state index in [9.17, 15) is 28.1 Å². The van der Waals surface area contributed by atoms with Crippen molar-refractivity contribution in [3.8, 4) is 0 Å². The Bertz CT molecular complexity index is 1250. The van der Waals surface area contributed by atoms with Gasteiger partial charge in [0.25, 0.3) is 15.7 Å². The number of ether oxygens (including phenoxy) is 1. The fourth-order valence-electron chi connectivity index (χ4n) is 4.65. The van der Waals surface area contributed by atoms with Gasteiger partial charge in [-0.1, -0.05) is 29.8 Å². The molecule has 3 rings (SSSR count). The molecule has 1 fully saturated rings. The second-order valence-corrected chi connectivity index (χ2v) is 10.5. The van der Waals surface area contributed by atoms with E-state index in [2.05, 4.69) is 0 Å². The van der Waals surface area contributed by atoms with Crippen molar-refractivity contribution in [1.29, 1.82) is 0 Å². The monoisotopic (exact) mass is 503 g/mol. The number of amides is 1. The van der Waals surface area contributed by atoms with E-state index in [1.165, 1.54) is 31.1 Å². The molecule has 2 aromatic carbocycles. The summed E-state index contributed by atoms with van der Waals surface area (Å²) in [5.41, 5.74) is 3.40. The highest BCUT2D eigenvalue weighted by molar-refractivity contribution is 7.89. The summed E-state index contributed by atoms with van der Waals surface area (Å²) in [6.07, 6.45) is 0.222. The van der Waals surface area contributed by atoms with Crippen molar-refractivity contribution in [2.24, 2.45) is 0 Å². The van der Waals surface area contributed by atoms with Crippen LogP contribution in [0.4, 0.5) is 5.69 Å². The number of nitro groups is 1. The number of hydrogen-bond donors (Lipinski definition) is 0. The Kier molecular flexibility index (Phi) is 7.61. The van der Waals surface area contributed by atoms with E-state index in [0.717, 1.165) is 38.7 Å². The number of nitrogens with zero attached hydrogens (tertiary/aromatic N) is 3. The van der Waals surface area contributed by atoms with Gasteiger partial charge in [0, 0.05) is 25.6 Å². The van der Waals surface area contributed by atoms with E-state index < -0.39 is 49.5 Å². The standard InChI is InChI=1S/C24H29N3O7S/c1-15-12-16(2)19(17(3)13-15)14-21(24(29)34-5)25-10-11-26(18(4)23(25)28)35(32,33)22-9-7-6-8-20(22)27(30)31/h6-9,12-13,18,21H,10-11,14H2,1-5H3/t18-,21-/m0/s1. The molecule has 0 saturated carbocycles. The number of piperazine rings is 1. The van der Waals surface area contributed by atoms with E-state index in [1.807, 2.05) is 32.9 Å². The van der Waals surface area contributed by atoms with Crippen molar-refractivity contribution in [3.05, 3.63) is 68.8 Å². The highest BCUT2D eigenvalue weighted by Crippen LogP contribution is 2.30. The average molecular weight is 504 g/mol. The van der Waals surface area contributed by atoms with E-state index in [4.69, 9.17) is 4.74 Å². The third-order valence-electron chi connectivity index (χ3n) is 6.37. The fourth-order valence-corrected chi connectivity index (χ4v) is 6.38. The molecule has 0 bridgehead atoms. The smallest absolute Gasteiger partial charge is 0.328 e. The number of para-hydroxylation sites is 1. The number of nitro benzene ring substituents is 1. The number of sulfonamides is 1. The van der Waals surface area contributed by atoms with Gasteiger partial charge in [0.1, 0.15) is 12.1 Å². The van der Waals surface area contributed by atoms with Crippen LogP contribution in [0.5, 0.6) is 0 Å². The Labute approximate surface area is 204 Å². The summed E-state index contributed by atoms with van der Waals surface area (Å²) < 4.78 is 32.6. The van der Waals surface area contributed by atoms with Crippen LogP contribution in [0.25, 0.3) is 0 Å². The maximum absolute atomic E-state index is 13.4. The van der Waals surface area contributed by atoms with E-state index in [1.54, 1.807) is 0 Å². The summed E-state index contributed by atoms with van der Waals surface area (Å²) in [4.78, 5) is 37.6. The minimum absolute atomic E-state index is 0.0627. The third-order valence-corrected chi connectivity index (χ3v) is 8.39. The van der Waals surface area contributed by atoms with Crippen LogP contribution in [0.2, 0.25) is 0 Å². The predicted molar refractivity (Wildman–Crippen MR) is 128 cm³/mol. The Morgan fingerprint density at radius 2 is 1.77 bits per heavy atom. The predicted octanol–water partition coefficient (Wildman–Crippen LogP) is 2.53. The number of esters is 1. The lowest BCUT2D eigenvalue weighted by molar-refractivity contribution is -0.387. The molecule has 0 radical (unpaired) electrons. The SMILES string of the molecule is COC(=O)[C@H](Cc1c(C)cc(C)cc1C)N1CCN(S(=O)(=O)c2ccccc2[N+](=O)[O-])[C@@H](C)C1=O. The Morgan fingerprint density at radius 3 is 2.34 bits per heavy atom. The molecular formula is C24H29N3O7S. The molecule has 2 aromatic rings. The molecule has 35 heavy (non-hydrogen) atoms. The minimum atomic E-state index is -4.34. The van der Waals surface area contributed by atoms with Crippen molar-refractivity contribution < 1.29 is 27.7 Å². The van der Waals surface area contributed by atoms with Crippen LogP contribution in [-0.4, -0.2) is 66.7 Å². The zero-order chi connectivity index (χ0) is 26.1. The second-order valence-electron chi connectivity index (χ2n) is 8.67. The van der Waals surface area contributed by atoms with Gasteiger partial charge in [-0.15, -0.1) is 0 Å². The van der Waals surface area contributed by atoms with Crippen LogP contribution in [-0.2, 0) is 30.8 Å². The summed E-state index contributed by atoms with van der Waals surface area (Å²) >= 11 is 0. The van der Waals surface area contributed by atoms with E-state index >= 15 is 0 Å². The van der Waals surface area contributed by atoms with Crippen molar-refractivity contribution in [1.82, 2.24) is 9.21 Å². The number of carbonyl (C=O) groups excluding carboxylic acids is 2. The van der Waals surface area contributed by atoms with Crippen LogP contribution in [0.3, 0.4) is 0 Å². The van der Waals surface area contributed by atoms with Crippen LogP contribution >= 0.6 is 0 Å². The van der Waals surface area contributed by atoms with Gasteiger partial charge in [-0.05, 0) is 50.5 Å². The van der Waals surface area contributed by atoms with Gasteiger partial charge in [0.2, 0.25) is 5.91 Å². The summed E-state index contributed by atoms with van der Waals surface area (Å²) in [5, 5.41) is 11.4. The Balaban J connectivity index is 1.94. The first-order valence-corrected chi connectivity index (χ1v) is 12.5. The summed E-state index contributed by atoms with van der Waals surface area (Å²) in [7, 11) is -3.10. The van der Waals surface area contributed by atoms with E-state index in [0.29, 0.717) is 0 Å². The van der Waals surface area contributed by atoms with Gasteiger partial charge in [-0.3, -0.25) is 14.9 Å². The molecule has 10 nitrogen and oxygen atoms in total. The molecule has 0 aliphatic carbocycles. The lowest BCUT2D eigenvalue weighted by atomic mass is 9.93.